The highest BCUT2D eigenvalue weighted by atomic mass is 35.5. The smallest absolute Gasteiger partial charge is 0.274 e. The average Bonchev–Trinajstić information content (AvgIpc) is 3.75. The number of aliphatic hydroxyl groups is 1. The van der Waals surface area contributed by atoms with Crippen molar-refractivity contribution in [2.45, 2.75) is 25.0 Å². The van der Waals surface area contributed by atoms with Gasteiger partial charge in [-0.25, -0.2) is 9.97 Å². The van der Waals surface area contributed by atoms with Crippen molar-refractivity contribution in [1.82, 2.24) is 39.5 Å². The number of likely N-dealkylation sites (tertiary alicyclic amines) is 1. The van der Waals surface area contributed by atoms with E-state index in [0.717, 1.165) is 41.7 Å². The van der Waals surface area contributed by atoms with Crippen LogP contribution in [-0.4, -0.2) is 57.7 Å². The quantitative estimate of drug-likeness (QED) is 0.323. The zero-order valence-electron chi connectivity index (χ0n) is 21.9. The lowest BCUT2D eigenvalue weighted by Gasteiger charge is -2.30. The fourth-order valence-electron chi connectivity index (χ4n) is 5.78. The molecule has 4 heterocycles. The summed E-state index contributed by atoms with van der Waals surface area (Å²) in [6.45, 7) is 3.18. The van der Waals surface area contributed by atoms with Gasteiger partial charge in [-0.3, -0.25) is 4.90 Å². The molecule has 9 nitrogen and oxygen atoms in total. The van der Waals surface area contributed by atoms with Gasteiger partial charge in [-0.05, 0) is 77.3 Å². The van der Waals surface area contributed by atoms with Crippen molar-refractivity contribution in [3.05, 3.63) is 107 Å². The summed E-state index contributed by atoms with van der Waals surface area (Å²) in [5.41, 5.74) is 4.10. The van der Waals surface area contributed by atoms with Crippen LogP contribution >= 0.6 is 11.6 Å². The van der Waals surface area contributed by atoms with Gasteiger partial charge in [0.2, 0.25) is 0 Å². The van der Waals surface area contributed by atoms with Crippen LogP contribution in [0.1, 0.15) is 35.2 Å². The first kappa shape index (κ1) is 24.8. The molecule has 3 aromatic heterocycles. The average molecular weight is 551 g/mol. The minimum absolute atomic E-state index is 0.380. The molecule has 0 aliphatic carbocycles. The zero-order chi connectivity index (χ0) is 27.3. The van der Waals surface area contributed by atoms with Crippen molar-refractivity contribution in [2.75, 3.05) is 13.1 Å². The number of hydrogen-bond acceptors (Lipinski definition) is 7. The van der Waals surface area contributed by atoms with Crippen molar-refractivity contribution >= 4 is 28.3 Å². The summed E-state index contributed by atoms with van der Waals surface area (Å²) < 4.78 is 3.45. The highest BCUT2D eigenvalue weighted by Gasteiger charge is 2.37. The van der Waals surface area contributed by atoms with Crippen LogP contribution in [0.2, 0.25) is 5.02 Å². The van der Waals surface area contributed by atoms with Crippen molar-refractivity contribution < 1.29 is 5.11 Å². The Morgan fingerprint density at radius 1 is 0.975 bits per heavy atom. The fourth-order valence-corrected chi connectivity index (χ4v) is 5.97. The van der Waals surface area contributed by atoms with Gasteiger partial charge in [-0.2, -0.15) is 4.52 Å². The Morgan fingerprint density at radius 2 is 1.77 bits per heavy atom. The molecule has 0 amide bonds. The Kier molecular flexibility index (Phi) is 6.07. The highest BCUT2D eigenvalue weighted by molar-refractivity contribution is 6.30. The molecule has 6 aromatic rings. The number of rotatable bonds is 6. The van der Waals surface area contributed by atoms with Crippen molar-refractivity contribution in [3.8, 4) is 11.3 Å². The maximum absolute atomic E-state index is 12.6. The van der Waals surface area contributed by atoms with Crippen molar-refractivity contribution in [2.24, 2.45) is 7.05 Å². The molecule has 0 saturated carbocycles. The SMILES string of the molecule is Cn1cncc1C(O)(c1ccc(CN2CCCC2)cc1)c1ccc2c(c1)c(-c1cccc(Cl)c1)nc1nnnn12. The van der Waals surface area contributed by atoms with Gasteiger partial charge in [0.1, 0.15) is 0 Å². The lowest BCUT2D eigenvalue weighted by Crippen LogP contribution is -2.31. The largest absolute Gasteiger partial charge is 0.374 e. The number of benzene rings is 3. The van der Waals surface area contributed by atoms with E-state index < -0.39 is 5.60 Å². The molecule has 1 fully saturated rings. The number of nitrogens with zero attached hydrogens (tertiary/aromatic N) is 8. The third kappa shape index (κ3) is 4.14. The van der Waals surface area contributed by atoms with Crippen LogP contribution in [0.4, 0.5) is 0 Å². The molecular formula is C30H27ClN8O. The number of halogens is 1. The molecule has 1 N–H and O–H groups in total. The van der Waals surface area contributed by atoms with Gasteiger partial charge >= 0.3 is 0 Å². The Morgan fingerprint density at radius 3 is 2.52 bits per heavy atom. The van der Waals surface area contributed by atoms with Crippen molar-refractivity contribution in [3.63, 3.8) is 0 Å². The predicted octanol–water partition coefficient (Wildman–Crippen LogP) is 4.61. The lowest BCUT2D eigenvalue weighted by atomic mass is 9.82. The summed E-state index contributed by atoms with van der Waals surface area (Å²) >= 11 is 6.35. The third-order valence-corrected chi connectivity index (χ3v) is 8.06. The molecule has 1 aliphatic rings. The number of aromatic nitrogens is 7. The lowest BCUT2D eigenvalue weighted by molar-refractivity contribution is 0.117. The molecule has 1 aliphatic heterocycles. The molecule has 10 heteroatoms. The Bertz CT molecular complexity index is 1840. The van der Waals surface area contributed by atoms with E-state index in [-0.39, 0.29) is 0 Å². The molecule has 0 radical (unpaired) electrons. The molecule has 200 valence electrons. The highest BCUT2D eigenvalue weighted by Crippen LogP contribution is 2.39. The number of hydrogen-bond donors (Lipinski definition) is 1. The molecule has 0 bridgehead atoms. The summed E-state index contributed by atoms with van der Waals surface area (Å²) in [6, 6.07) is 21.6. The molecular weight excluding hydrogens is 524 g/mol. The number of tetrazole rings is 1. The van der Waals surface area contributed by atoms with Gasteiger partial charge in [0, 0.05) is 29.6 Å². The second-order valence-electron chi connectivity index (χ2n) is 10.4. The minimum Gasteiger partial charge on any atom is -0.374 e. The fraction of sp³-hybridized carbons (Fsp3) is 0.233. The second-order valence-corrected chi connectivity index (χ2v) is 10.8. The zero-order valence-corrected chi connectivity index (χ0v) is 22.7. The Balaban J connectivity index is 1.42. The normalized spacial score (nSPS) is 15.7. The van der Waals surface area contributed by atoms with E-state index in [0.29, 0.717) is 27.8 Å². The van der Waals surface area contributed by atoms with Crippen LogP contribution in [0, 0.1) is 0 Å². The van der Waals surface area contributed by atoms with Crippen LogP contribution in [-0.2, 0) is 19.2 Å². The molecule has 40 heavy (non-hydrogen) atoms. The maximum Gasteiger partial charge on any atom is 0.274 e. The van der Waals surface area contributed by atoms with Crippen LogP contribution < -0.4 is 0 Å². The Labute approximate surface area is 235 Å². The molecule has 3 aromatic carbocycles. The van der Waals surface area contributed by atoms with E-state index in [9.17, 15) is 5.11 Å². The van der Waals surface area contributed by atoms with Gasteiger partial charge in [-0.15, -0.1) is 0 Å². The Hall–Kier alpha value is -4.18. The summed E-state index contributed by atoms with van der Waals surface area (Å²) in [4.78, 5) is 11.6. The predicted molar refractivity (Wildman–Crippen MR) is 153 cm³/mol. The van der Waals surface area contributed by atoms with Gasteiger partial charge in [0.05, 0.1) is 29.4 Å². The second kappa shape index (κ2) is 9.78. The first-order valence-corrected chi connectivity index (χ1v) is 13.7. The number of fused-ring (bicyclic) bond motifs is 3. The number of imidazole rings is 1. The molecule has 0 spiro atoms. The first-order chi connectivity index (χ1) is 19.5. The summed E-state index contributed by atoms with van der Waals surface area (Å²) in [5, 5.41) is 26.1. The van der Waals surface area contributed by atoms with E-state index in [1.165, 1.54) is 18.4 Å². The van der Waals surface area contributed by atoms with E-state index in [1.54, 1.807) is 17.0 Å². The van der Waals surface area contributed by atoms with E-state index in [2.05, 4.69) is 37.5 Å². The molecule has 1 unspecified atom stereocenters. The molecule has 7 rings (SSSR count). The van der Waals surface area contributed by atoms with E-state index >= 15 is 0 Å². The van der Waals surface area contributed by atoms with E-state index in [4.69, 9.17) is 16.6 Å². The van der Waals surface area contributed by atoms with Gasteiger partial charge in [-0.1, -0.05) is 59.2 Å². The first-order valence-electron chi connectivity index (χ1n) is 13.3. The van der Waals surface area contributed by atoms with Crippen LogP contribution in [0.25, 0.3) is 27.9 Å². The van der Waals surface area contributed by atoms with Crippen LogP contribution in [0.3, 0.4) is 0 Å². The maximum atomic E-state index is 12.6. The topological polar surface area (TPSA) is 97.3 Å². The standard InChI is InChI=1S/C30H27ClN8O/c1-37-19-32-17-27(37)30(40,22-9-7-20(8-10-22)18-38-13-2-3-14-38)23-11-12-26-25(16-23)28(21-5-4-6-24(31)15-21)33-29-34-35-36-39(26)29/h4-12,15-17,19,40H,2-3,13-14,18H2,1H3. The molecule has 1 saturated heterocycles. The van der Waals surface area contributed by atoms with E-state index in [1.807, 2.05) is 66.2 Å². The molecule has 1 atom stereocenters. The monoisotopic (exact) mass is 550 g/mol. The van der Waals surface area contributed by atoms with Gasteiger partial charge in [0.25, 0.3) is 5.78 Å². The minimum atomic E-state index is -1.48. The summed E-state index contributed by atoms with van der Waals surface area (Å²) in [5.74, 6) is 0.380. The van der Waals surface area contributed by atoms with Gasteiger partial charge in [0.15, 0.2) is 5.60 Å². The van der Waals surface area contributed by atoms with Gasteiger partial charge < -0.3 is 9.67 Å². The van der Waals surface area contributed by atoms with Crippen molar-refractivity contribution in [1.29, 1.82) is 0 Å². The third-order valence-electron chi connectivity index (χ3n) is 7.82. The van der Waals surface area contributed by atoms with Crippen LogP contribution in [0.15, 0.2) is 79.3 Å². The number of aryl methyl sites for hydroxylation is 1. The summed E-state index contributed by atoms with van der Waals surface area (Å²) in [7, 11) is 1.89. The summed E-state index contributed by atoms with van der Waals surface area (Å²) in [6.07, 6.45) is 5.92. The van der Waals surface area contributed by atoms with Crippen LogP contribution in [0.5, 0.6) is 0 Å².